The Bertz CT molecular complexity index is 642. The average molecular weight is 308 g/mol. The average Bonchev–Trinajstić information content (AvgIpc) is 3.01. The molecule has 2 aliphatic heterocycles. The van der Waals surface area contributed by atoms with Gasteiger partial charge in [-0.25, -0.2) is 8.42 Å². The van der Waals surface area contributed by atoms with Crippen molar-refractivity contribution in [3.05, 3.63) is 29.3 Å². The van der Waals surface area contributed by atoms with Crippen LogP contribution in [0.3, 0.4) is 0 Å². The minimum atomic E-state index is -3.38. The summed E-state index contributed by atoms with van der Waals surface area (Å²) in [6.07, 6.45) is 0.882. The molecule has 3 atom stereocenters. The maximum atomic E-state index is 13.0. The van der Waals surface area contributed by atoms with Crippen LogP contribution in [-0.2, 0) is 10.0 Å². The van der Waals surface area contributed by atoms with Gasteiger partial charge in [0.2, 0.25) is 10.0 Å². The number of nitrogens with one attached hydrogen (secondary N) is 1. The fourth-order valence-corrected chi connectivity index (χ4v) is 5.66. The van der Waals surface area contributed by atoms with Crippen molar-refractivity contribution in [3.8, 4) is 0 Å². The molecule has 116 valence electrons. The molecule has 0 aromatic heterocycles. The third-order valence-electron chi connectivity index (χ3n) is 5.17. The van der Waals surface area contributed by atoms with Gasteiger partial charge in [0.1, 0.15) is 0 Å². The van der Waals surface area contributed by atoms with E-state index in [0.717, 1.165) is 30.6 Å². The number of fused-ring (bicyclic) bond motifs is 1. The molecule has 0 spiro atoms. The SMILES string of the molecule is CCC1C2CNCC2CN1S(=O)(=O)c1ccc(C)c(C)c1. The van der Waals surface area contributed by atoms with Gasteiger partial charge in [-0.15, -0.1) is 0 Å². The number of sulfonamides is 1. The summed E-state index contributed by atoms with van der Waals surface area (Å²) in [4.78, 5) is 0.442. The zero-order chi connectivity index (χ0) is 15.2. The van der Waals surface area contributed by atoms with Crippen LogP contribution in [0.4, 0.5) is 0 Å². The highest BCUT2D eigenvalue weighted by atomic mass is 32.2. The smallest absolute Gasteiger partial charge is 0.243 e. The van der Waals surface area contributed by atoms with E-state index < -0.39 is 10.0 Å². The highest BCUT2D eigenvalue weighted by Crippen LogP contribution is 2.37. The van der Waals surface area contributed by atoms with Gasteiger partial charge in [0.15, 0.2) is 0 Å². The summed E-state index contributed by atoms with van der Waals surface area (Å²) in [7, 11) is -3.38. The predicted molar refractivity (Wildman–Crippen MR) is 83.7 cm³/mol. The van der Waals surface area contributed by atoms with Crippen LogP contribution in [0.25, 0.3) is 0 Å². The van der Waals surface area contributed by atoms with Crippen LogP contribution in [0.2, 0.25) is 0 Å². The highest BCUT2D eigenvalue weighted by molar-refractivity contribution is 7.89. The monoisotopic (exact) mass is 308 g/mol. The van der Waals surface area contributed by atoms with Crippen molar-refractivity contribution >= 4 is 10.0 Å². The van der Waals surface area contributed by atoms with E-state index >= 15 is 0 Å². The Labute approximate surface area is 127 Å². The lowest BCUT2D eigenvalue weighted by molar-refractivity contribution is 0.329. The maximum Gasteiger partial charge on any atom is 0.243 e. The van der Waals surface area contributed by atoms with Gasteiger partial charge in [0, 0.05) is 12.6 Å². The van der Waals surface area contributed by atoms with E-state index in [1.54, 1.807) is 10.4 Å². The molecule has 4 nitrogen and oxygen atoms in total. The van der Waals surface area contributed by atoms with Gasteiger partial charge in [0.25, 0.3) is 0 Å². The summed E-state index contributed by atoms with van der Waals surface area (Å²) >= 11 is 0. The third-order valence-corrected chi connectivity index (χ3v) is 7.06. The first-order valence-electron chi connectivity index (χ1n) is 7.75. The van der Waals surface area contributed by atoms with E-state index in [1.807, 2.05) is 26.0 Å². The van der Waals surface area contributed by atoms with Crippen LogP contribution in [-0.4, -0.2) is 38.4 Å². The van der Waals surface area contributed by atoms with Crippen LogP contribution >= 0.6 is 0 Å². The van der Waals surface area contributed by atoms with E-state index in [0.29, 0.717) is 23.3 Å². The number of hydrogen-bond donors (Lipinski definition) is 1. The fourth-order valence-electron chi connectivity index (χ4n) is 3.78. The Balaban J connectivity index is 1.96. The van der Waals surface area contributed by atoms with Crippen LogP contribution in [0.15, 0.2) is 23.1 Å². The summed E-state index contributed by atoms with van der Waals surface area (Å²) in [5.41, 5.74) is 2.16. The molecule has 2 heterocycles. The van der Waals surface area contributed by atoms with Gasteiger partial charge in [-0.1, -0.05) is 13.0 Å². The molecule has 0 bridgehead atoms. The molecule has 5 heteroatoms. The molecule has 0 saturated carbocycles. The van der Waals surface area contributed by atoms with Gasteiger partial charge in [-0.05, 0) is 68.5 Å². The first-order valence-corrected chi connectivity index (χ1v) is 9.19. The first kappa shape index (κ1) is 15.0. The Morgan fingerprint density at radius 2 is 2.00 bits per heavy atom. The second-order valence-corrected chi connectivity index (χ2v) is 8.27. The van der Waals surface area contributed by atoms with Gasteiger partial charge >= 0.3 is 0 Å². The zero-order valence-electron chi connectivity index (χ0n) is 13.0. The van der Waals surface area contributed by atoms with E-state index in [2.05, 4.69) is 12.2 Å². The van der Waals surface area contributed by atoms with E-state index in [1.165, 1.54) is 0 Å². The minimum Gasteiger partial charge on any atom is -0.316 e. The Kier molecular flexibility index (Phi) is 3.84. The Hall–Kier alpha value is -0.910. The Morgan fingerprint density at radius 1 is 1.24 bits per heavy atom. The van der Waals surface area contributed by atoms with Gasteiger partial charge < -0.3 is 5.32 Å². The number of nitrogens with zero attached hydrogens (tertiary/aromatic N) is 1. The number of benzene rings is 1. The summed E-state index contributed by atoms with van der Waals surface area (Å²) < 4.78 is 27.8. The zero-order valence-corrected chi connectivity index (χ0v) is 13.8. The molecular weight excluding hydrogens is 284 g/mol. The van der Waals surface area contributed by atoms with Crippen molar-refractivity contribution in [3.63, 3.8) is 0 Å². The van der Waals surface area contributed by atoms with E-state index in [9.17, 15) is 8.42 Å². The molecule has 1 aromatic carbocycles. The fraction of sp³-hybridized carbons (Fsp3) is 0.625. The molecule has 2 saturated heterocycles. The standard InChI is InChI=1S/C16H24N2O2S/c1-4-16-15-9-17-8-13(15)10-18(16)21(19,20)14-6-5-11(2)12(3)7-14/h5-7,13,15-17H,4,8-10H2,1-3H3. The van der Waals surface area contributed by atoms with Crippen molar-refractivity contribution in [2.24, 2.45) is 11.8 Å². The topological polar surface area (TPSA) is 49.4 Å². The van der Waals surface area contributed by atoms with Crippen molar-refractivity contribution in [1.29, 1.82) is 0 Å². The molecule has 0 aliphatic carbocycles. The summed E-state index contributed by atoms with van der Waals surface area (Å²) in [6.45, 7) is 8.61. The van der Waals surface area contributed by atoms with Crippen molar-refractivity contribution in [2.45, 2.75) is 38.1 Å². The normalized spacial score (nSPS) is 29.8. The van der Waals surface area contributed by atoms with E-state index in [4.69, 9.17) is 0 Å². The van der Waals surface area contributed by atoms with Crippen molar-refractivity contribution in [2.75, 3.05) is 19.6 Å². The molecular formula is C16H24N2O2S. The van der Waals surface area contributed by atoms with Crippen LogP contribution < -0.4 is 5.32 Å². The number of rotatable bonds is 3. The van der Waals surface area contributed by atoms with E-state index in [-0.39, 0.29) is 6.04 Å². The van der Waals surface area contributed by atoms with Gasteiger partial charge in [-0.3, -0.25) is 0 Å². The molecule has 2 aliphatic rings. The molecule has 3 rings (SSSR count). The quantitative estimate of drug-likeness (QED) is 0.928. The molecule has 21 heavy (non-hydrogen) atoms. The lowest BCUT2D eigenvalue weighted by Gasteiger charge is -2.26. The van der Waals surface area contributed by atoms with Gasteiger partial charge in [0.05, 0.1) is 4.90 Å². The molecule has 0 radical (unpaired) electrons. The first-order chi connectivity index (χ1) is 9.95. The molecule has 1 aromatic rings. The second-order valence-electron chi connectivity index (χ2n) is 6.38. The molecule has 3 unspecified atom stereocenters. The highest BCUT2D eigenvalue weighted by Gasteiger charge is 2.48. The number of hydrogen-bond acceptors (Lipinski definition) is 3. The maximum absolute atomic E-state index is 13.0. The largest absolute Gasteiger partial charge is 0.316 e. The molecule has 2 fully saturated rings. The third kappa shape index (κ3) is 2.41. The number of aryl methyl sites for hydroxylation is 2. The van der Waals surface area contributed by atoms with Crippen LogP contribution in [0.1, 0.15) is 24.5 Å². The summed E-state index contributed by atoms with van der Waals surface area (Å²) in [5.74, 6) is 0.938. The predicted octanol–water partition coefficient (Wildman–Crippen LogP) is 1.92. The summed E-state index contributed by atoms with van der Waals surface area (Å²) in [5, 5.41) is 3.40. The van der Waals surface area contributed by atoms with Crippen LogP contribution in [0.5, 0.6) is 0 Å². The second kappa shape index (κ2) is 5.38. The Morgan fingerprint density at radius 3 is 2.67 bits per heavy atom. The molecule has 1 N–H and O–H groups in total. The lowest BCUT2D eigenvalue weighted by atomic mass is 9.93. The van der Waals surface area contributed by atoms with Crippen molar-refractivity contribution < 1.29 is 8.42 Å². The minimum absolute atomic E-state index is 0.136. The van der Waals surface area contributed by atoms with Crippen molar-refractivity contribution in [1.82, 2.24) is 9.62 Å². The molecule has 0 amide bonds. The van der Waals surface area contributed by atoms with Gasteiger partial charge in [-0.2, -0.15) is 4.31 Å². The van der Waals surface area contributed by atoms with Crippen LogP contribution in [0, 0.1) is 25.7 Å². The summed E-state index contributed by atoms with van der Waals surface area (Å²) in [6, 6.07) is 5.60. The lowest BCUT2D eigenvalue weighted by Crippen LogP contribution is -2.39.